The summed E-state index contributed by atoms with van der Waals surface area (Å²) in [4.78, 5) is 44.6. The first-order valence-corrected chi connectivity index (χ1v) is 26.3. The maximum Gasteiger partial charge on any atom is 0.414 e. The highest BCUT2D eigenvalue weighted by Crippen LogP contribution is 2.44. The quantitative estimate of drug-likeness (QED) is 0.0351. The lowest BCUT2D eigenvalue weighted by atomic mass is 9.77. The number of nitro groups is 1. The molecule has 402 valence electrons. The summed E-state index contributed by atoms with van der Waals surface area (Å²) in [7, 11) is 1.42. The molecule has 0 aliphatic rings. The molecule has 2 heterocycles. The molecule has 2 aromatic heterocycles. The highest BCUT2D eigenvalue weighted by molar-refractivity contribution is 5.91. The van der Waals surface area contributed by atoms with Gasteiger partial charge in [-0.1, -0.05) is 146 Å². The molecule has 0 aliphatic carbocycles. The molecule has 0 spiro atoms. The summed E-state index contributed by atoms with van der Waals surface area (Å²) < 4.78 is 21.3. The Labute approximate surface area is 459 Å². The fourth-order valence-electron chi connectivity index (χ4n) is 10.1. The summed E-state index contributed by atoms with van der Waals surface area (Å²) in [5.74, 6) is 1.66. The smallest absolute Gasteiger partial charge is 0.414 e. The Morgan fingerprint density at radius 3 is 1.87 bits per heavy atom. The summed E-state index contributed by atoms with van der Waals surface area (Å²) in [6.45, 7) is 13.7. The largest absolute Gasteiger partial charge is 0.461 e. The van der Waals surface area contributed by atoms with E-state index in [9.17, 15) is 19.7 Å². The number of hydrogen-bond donors (Lipinski definition) is 1. The second-order valence-corrected chi connectivity index (χ2v) is 20.2. The number of tetrazole rings is 1. The SMILES string of the molecule is CCCc1nc(CNc2c(C)cc(Oc3ccc([N+](=O)[O-])c(N(C)C(=O)OC(C)(C)C)c3)cc2C)c(C(=O)OCC)n1Cc1ccc(-c2ccccc2-c2nnnn2C(c2ccccc2)(c2ccccc2)c2ccccc2)cc1. The number of ether oxygens (including phenoxy) is 3. The van der Waals surface area contributed by atoms with Crippen LogP contribution in [0.3, 0.4) is 0 Å². The molecule has 0 saturated carbocycles. The van der Waals surface area contributed by atoms with Crippen LogP contribution in [0.2, 0.25) is 0 Å². The van der Waals surface area contributed by atoms with Crippen molar-refractivity contribution in [3.63, 3.8) is 0 Å². The van der Waals surface area contributed by atoms with Crippen molar-refractivity contribution in [2.45, 2.75) is 85.5 Å². The number of aromatic nitrogens is 6. The van der Waals surface area contributed by atoms with Crippen LogP contribution in [0.4, 0.5) is 21.9 Å². The van der Waals surface area contributed by atoms with E-state index in [2.05, 4.69) is 90.3 Å². The molecule has 0 aliphatic heterocycles. The number of carbonyl (C=O) groups is 2. The molecule has 0 bridgehead atoms. The second kappa shape index (κ2) is 23.4. The van der Waals surface area contributed by atoms with Crippen molar-refractivity contribution in [1.82, 2.24) is 29.8 Å². The Morgan fingerprint density at radius 1 is 0.734 bits per heavy atom. The normalized spacial score (nSPS) is 11.5. The van der Waals surface area contributed by atoms with E-state index in [4.69, 9.17) is 29.5 Å². The van der Waals surface area contributed by atoms with Crippen LogP contribution in [0, 0.1) is 24.0 Å². The van der Waals surface area contributed by atoms with Crippen LogP contribution in [-0.4, -0.2) is 66.0 Å². The molecule has 16 heteroatoms. The van der Waals surface area contributed by atoms with Gasteiger partial charge in [-0.3, -0.25) is 15.0 Å². The van der Waals surface area contributed by atoms with Crippen LogP contribution in [0.25, 0.3) is 22.5 Å². The lowest BCUT2D eigenvalue weighted by molar-refractivity contribution is -0.384. The van der Waals surface area contributed by atoms with Crippen molar-refractivity contribution in [2.75, 3.05) is 23.9 Å². The van der Waals surface area contributed by atoms with Crippen molar-refractivity contribution < 1.29 is 28.7 Å². The van der Waals surface area contributed by atoms with Gasteiger partial charge in [0, 0.05) is 43.4 Å². The van der Waals surface area contributed by atoms with Crippen LogP contribution in [0.1, 0.15) is 96.4 Å². The second-order valence-electron chi connectivity index (χ2n) is 20.2. The Bertz CT molecular complexity index is 3490. The monoisotopic (exact) mass is 1060 g/mol. The molecule has 79 heavy (non-hydrogen) atoms. The molecule has 0 atom stereocenters. The number of aryl methyl sites for hydroxylation is 3. The maximum atomic E-state index is 14.0. The number of nitro benzene ring substituents is 1. The van der Waals surface area contributed by atoms with Gasteiger partial charge in [0.1, 0.15) is 34.2 Å². The molecular weight excluding hydrogens is 995 g/mol. The summed E-state index contributed by atoms with van der Waals surface area (Å²) in [6.07, 6.45) is 0.687. The first-order valence-electron chi connectivity index (χ1n) is 26.3. The van der Waals surface area contributed by atoms with E-state index >= 15 is 0 Å². The third-order valence-electron chi connectivity index (χ3n) is 13.5. The number of carbonyl (C=O) groups excluding carboxylic acids is 2. The number of rotatable bonds is 19. The fraction of sp³-hybridized carbons (Fsp3) is 0.238. The van der Waals surface area contributed by atoms with Crippen molar-refractivity contribution in [3.05, 3.63) is 231 Å². The van der Waals surface area contributed by atoms with Crippen molar-refractivity contribution in [2.24, 2.45) is 0 Å². The van der Waals surface area contributed by atoms with Gasteiger partial charge in [0.05, 0.1) is 23.8 Å². The molecule has 1 amide bonds. The Kier molecular flexibility index (Phi) is 16.1. The van der Waals surface area contributed by atoms with Gasteiger partial charge in [-0.05, 0) is 121 Å². The molecule has 0 saturated heterocycles. The lowest BCUT2D eigenvalue weighted by Gasteiger charge is -2.36. The first-order chi connectivity index (χ1) is 38.1. The van der Waals surface area contributed by atoms with Gasteiger partial charge in [-0.25, -0.2) is 19.3 Å². The standard InChI is InChI=1S/C63H63N9O7/c1-9-22-56-65-53(40-64-57-42(3)37-50(38-43(57)4)78-49-35-36-54(72(75)76)55(39-49)69(8)61(74)79-62(5,6)7)58(60(73)77-10-2)70(56)41-44-31-33-45(34-32-44)51-29-20-21-30-52(51)59-66-67-68-71(59)63(46-23-14-11-15-24-46,47-25-16-12-17-26-47)48-27-18-13-19-28-48/h11-21,23-39,64H,9-10,22,40-41H2,1-8H3. The van der Waals surface area contributed by atoms with Gasteiger partial charge in [-0.2, -0.15) is 0 Å². The van der Waals surface area contributed by atoms with Crippen LogP contribution in [0.5, 0.6) is 11.5 Å². The molecule has 7 aromatic carbocycles. The van der Waals surface area contributed by atoms with Crippen LogP contribution >= 0.6 is 0 Å². The number of benzene rings is 7. The van der Waals surface area contributed by atoms with E-state index in [-0.39, 0.29) is 30.3 Å². The van der Waals surface area contributed by atoms with Gasteiger partial charge >= 0.3 is 12.1 Å². The Morgan fingerprint density at radius 2 is 1.32 bits per heavy atom. The van der Waals surface area contributed by atoms with Gasteiger partial charge in [0.2, 0.25) is 0 Å². The zero-order chi connectivity index (χ0) is 55.8. The molecule has 0 radical (unpaired) electrons. The van der Waals surface area contributed by atoms with Crippen LogP contribution in [-0.2, 0) is 34.5 Å². The summed E-state index contributed by atoms with van der Waals surface area (Å²) in [6, 6.07) is 55.4. The molecule has 9 rings (SSSR count). The lowest BCUT2D eigenvalue weighted by Crippen LogP contribution is -2.39. The fourth-order valence-corrected chi connectivity index (χ4v) is 10.1. The van der Waals surface area contributed by atoms with E-state index < -0.39 is 28.1 Å². The van der Waals surface area contributed by atoms with Crippen LogP contribution < -0.4 is 15.0 Å². The van der Waals surface area contributed by atoms with E-state index in [0.29, 0.717) is 35.9 Å². The van der Waals surface area contributed by atoms with Gasteiger partial charge in [0.15, 0.2) is 11.5 Å². The third kappa shape index (κ3) is 11.5. The number of amides is 1. The van der Waals surface area contributed by atoms with Crippen LogP contribution in [0.15, 0.2) is 170 Å². The van der Waals surface area contributed by atoms with Crippen molar-refractivity contribution >= 4 is 29.1 Å². The average molecular weight is 1060 g/mol. The summed E-state index contributed by atoms with van der Waals surface area (Å²) >= 11 is 0. The molecule has 0 fully saturated rings. The zero-order valence-electron chi connectivity index (χ0n) is 45.6. The van der Waals surface area contributed by atoms with E-state index in [1.165, 1.54) is 25.2 Å². The number of esters is 1. The zero-order valence-corrected chi connectivity index (χ0v) is 45.6. The van der Waals surface area contributed by atoms with Gasteiger partial charge in [-0.15, -0.1) is 5.10 Å². The topological polar surface area (TPSA) is 182 Å². The summed E-state index contributed by atoms with van der Waals surface area (Å²) in [5.41, 5.74) is 8.15. The minimum absolute atomic E-state index is 0.0198. The number of anilines is 2. The Hall–Kier alpha value is -9.44. The van der Waals surface area contributed by atoms with Gasteiger partial charge < -0.3 is 24.1 Å². The van der Waals surface area contributed by atoms with E-state index in [1.807, 2.05) is 102 Å². The van der Waals surface area contributed by atoms with E-state index in [0.717, 1.165) is 72.9 Å². The third-order valence-corrected chi connectivity index (χ3v) is 13.5. The minimum atomic E-state index is -0.932. The maximum absolute atomic E-state index is 14.0. The summed E-state index contributed by atoms with van der Waals surface area (Å²) in [5, 5.41) is 29.4. The number of nitrogens with one attached hydrogen (secondary N) is 1. The highest BCUT2D eigenvalue weighted by Gasteiger charge is 2.42. The molecule has 1 N–H and O–H groups in total. The number of nitrogens with zero attached hydrogens (tertiary/aromatic N) is 8. The minimum Gasteiger partial charge on any atom is -0.461 e. The number of hydrogen-bond acceptors (Lipinski definition) is 12. The predicted molar refractivity (Wildman–Crippen MR) is 306 cm³/mol. The molecule has 0 unspecified atom stereocenters. The van der Waals surface area contributed by atoms with Crippen molar-refractivity contribution in [1.29, 1.82) is 0 Å². The number of imidazole rings is 1. The van der Waals surface area contributed by atoms with Gasteiger partial charge in [0.25, 0.3) is 5.69 Å². The highest BCUT2D eigenvalue weighted by atomic mass is 16.6. The molecule has 9 aromatic rings. The first kappa shape index (κ1) is 54.4. The molecular formula is C63H63N9O7. The van der Waals surface area contributed by atoms with Crippen molar-refractivity contribution in [3.8, 4) is 34.0 Å². The van der Waals surface area contributed by atoms with E-state index in [1.54, 1.807) is 27.7 Å². The molecule has 16 nitrogen and oxygen atoms in total. The average Bonchev–Trinajstić information content (AvgIpc) is 4.30. The Balaban J connectivity index is 0.997. The predicted octanol–water partition coefficient (Wildman–Crippen LogP) is 13.5.